The predicted octanol–water partition coefficient (Wildman–Crippen LogP) is 1.93. The van der Waals surface area contributed by atoms with E-state index in [4.69, 9.17) is 0 Å². The molecule has 1 amide bonds. The maximum Gasteiger partial charge on any atom is 0.240 e. The number of rotatable bonds is 5. The van der Waals surface area contributed by atoms with Gasteiger partial charge in [0, 0.05) is 26.2 Å². The summed E-state index contributed by atoms with van der Waals surface area (Å²) in [7, 11) is 3.34. The zero-order valence-corrected chi connectivity index (χ0v) is 14.9. The molecule has 134 valence electrons. The van der Waals surface area contributed by atoms with Gasteiger partial charge in [-0.2, -0.15) is 0 Å². The summed E-state index contributed by atoms with van der Waals surface area (Å²) >= 11 is 0. The molecular formula is C17H26F2N4O. The fourth-order valence-corrected chi connectivity index (χ4v) is 2.18. The van der Waals surface area contributed by atoms with Crippen molar-refractivity contribution in [2.75, 3.05) is 27.2 Å². The van der Waals surface area contributed by atoms with Crippen LogP contribution in [0.1, 0.15) is 26.3 Å². The van der Waals surface area contributed by atoms with Crippen LogP contribution in [0.25, 0.3) is 0 Å². The largest absolute Gasteiger partial charge is 0.356 e. The maximum absolute atomic E-state index is 13.6. The van der Waals surface area contributed by atoms with Gasteiger partial charge in [-0.15, -0.1) is 0 Å². The Labute approximate surface area is 142 Å². The smallest absolute Gasteiger partial charge is 0.240 e. The van der Waals surface area contributed by atoms with Crippen molar-refractivity contribution in [1.29, 1.82) is 0 Å². The maximum atomic E-state index is 13.6. The van der Waals surface area contributed by atoms with Crippen molar-refractivity contribution >= 4 is 11.9 Å². The third-order valence-electron chi connectivity index (χ3n) is 3.18. The van der Waals surface area contributed by atoms with Gasteiger partial charge in [-0.05, 0) is 38.8 Å². The first kappa shape index (κ1) is 19.9. The van der Waals surface area contributed by atoms with Crippen LogP contribution in [-0.4, -0.2) is 49.5 Å². The fraction of sp³-hybridized carbons (Fsp3) is 0.529. The number of nitrogens with zero attached hydrogens (tertiary/aromatic N) is 2. The molecule has 0 heterocycles. The van der Waals surface area contributed by atoms with E-state index in [0.717, 1.165) is 6.07 Å². The van der Waals surface area contributed by atoms with Crippen LogP contribution in [0.3, 0.4) is 0 Å². The monoisotopic (exact) mass is 340 g/mol. The molecule has 0 radical (unpaired) electrons. The Hall–Kier alpha value is -2.18. The lowest BCUT2D eigenvalue weighted by atomic mass is 10.1. The van der Waals surface area contributed by atoms with Gasteiger partial charge >= 0.3 is 0 Å². The molecule has 0 saturated heterocycles. The van der Waals surface area contributed by atoms with Crippen LogP contribution in [0.2, 0.25) is 0 Å². The first-order chi connectivity index (χ1) is 11.1. The zero-order chi connectivity index (χ0) is 18.3. The lowest BCUT2D eigenvalue weighted by Gasteiger charge is -2.25. The van der Waals surface area contributed by atoms with Gasteiger partial charge in [0.15, 0.2) is 17.6 Å². The van der Waals surface area contributed by atoms with Crippen LogP contribution in [0.15, 0.2) is 23.2 Å². The molecular weight excluding hydrogens is 314 g/mol. The molecule has 0 aliphatic heterocycles. The zero-order valence-electron chi connectivity index (χ0n) is 14.9. The Morgan fingerprint density at radius 3 is 2.54 bits per heavy atom. The molecule has 1 rings (SSSR count). The van der Waals surface area contributed by atoms with E-state index < -0.39 is 11.6 Å². The molecule has 1 aromatic carbocycles. The van der Waals surface area contributed by atoms with Crippen molar-refractivity contribution in [3.8, 4) is 0 Å². The fourth-order valence-electron chi connectivity index (χ4n) is 2.18. The van der Waals surface area contributed by atoms with E-state index in [1.54, 1.807) is 25.1 Å². The van der Waals surface area contributed by atoms with Crippen molar-refractivity contribution in [3.63, 3.8) is 0 Å². The third kappa shape index (κ3) is 6.52. The summed E-state index contributed by atoms with van der Waals surface area (Å²) in [6, 6.07) is 4.11. The summed E-state index contributed by atoms with van der Waals surface area (Å²) in [5, 5.41) is 5.91. The Balaban J connectivity index is 2.52. The van der Waals surface area contributed by atoms with E-state index in [0.29, 0.717) is 24.5 Å². The second-order valence-corrected chi connectivity index (χ2v) is 6.59. The number of hydrogen-bond donors (Lipinski definition) is 2. The van der Waals surface area contributed by atoms with Crippen molar-refractivity contribution in [2.45, 2.75) is 32.7 Å². The summed E-state index contributed by atoms with van der Waals surface area (Å²) in [4.78, 5) is 17.7. The third-order valence-corrected chi connectivity index (χ3v) is 3.18. The number of likely N-dealkylation sites (N-methyl/N-ethyl adjacent to an activating group) is 1. The van der Waals surface area contributed by atoms with Crippen LogP contribution in [0.5, 0.6) is 0 Å². The molecule has 0 unspecified atom stereocenters. The van der Waals surface area contributed by atoms with E-state index in [1.165, 1.54) is 6.07 Å². The highest BCUT2D eigenvalue weighted by atomic mass is 19.2. The van der Waals surface area contributed by atoms with Crippen LogP contribution < -0.4 is 10.6 Å². The Morgan fingerprint density at radius 1 is 1.29 bits per heavy atom. The lowest BCUT2D eigenvalue weighted by Crippen LogP contribution is -2.49. The second kappa shape index (κ2) is 8.61. The van der Waals surface area contributed by atoms with Crippen LogP contribution >= 0.6 is 0 Å². The summed E-state index contributed by atoms with van der Waals surface area (Å²) < 4.78 is 26.8. The molecule has 0 aromatic heterocycles. The van der Waals surface area contributed by atoms with Gasteiger partial charge < -0.3 is 15.5 Å². The van der Waals surface area contributed by atoms with Gasteiger partial charge in [0.1, 0.15) is 0 Å². The average Bonchev–Trinajstić information content (AvgIpc) is 2.45. The predicted molar refractivity (Wildman–Crippen MR) is 91.9 cm³/mol. The molecule has 0 aliphatic rings. The normalized spacial score (nSPS) is 12.0. The number of carbonyl (C=O) groups excluding carboxylic acids is 1. The van der Waals surface area contributed by atoms with Crippen LogP contribution in [-0.2, 0) is 11.2 Å². The van der Waals surface area contributed by atoms with Gasteiger partial charge in [-0.1, -0.05) is 12.1 Å². The number of aliphatic imine (C=N–C) groups is 1. The van der Waals surface area contributed by atoms with Gasteiger partial charge in [0.05, 0.1) is 6.54 Å². The van der Waals surface area contributed by atoms with Gasteiger partial charge in [0.2, 0.25) is 5.91 Å². The SMILES string of the molecule is CN=C(NCCc1cccc(F)c1F)N(C)CC(=O)NC(C)(C)C. The highest BCUT2D eigenvalue weighted by Gasteiger charge is 2.16. The first-order valence-corrected chi connectivity index (χ1v) is 7.79. The molecule has 0 saturated carbocycles. The standard InChI is InChI=1S/C17H26F2N4O/c1-17(2,3)22-14(24)11-23(5)16(20-4)21-10-9-12-7-6-8-13(18)15(12)19/h6-8H,9-11H2,1-5H3,(H,20,21)(H,22,24). The lowest BCUT2D eigenvalue weighted by molar-refractivity contribution is -0.122. The number of nitrogens with one attached hydrogen (secondary N) is 2. The number of guanidine groups is 1. The molecule has 0 aliphatic carbocycles. The number of benzene rings is 1. The van der Waals surface area contributed by atoms with Crippen LogP contribution in [0, 0.1) is 11.6 Å². The number of amides is 1. The van der Waals surface area contributed by atoms with Gasteiger partial charge in [-0.25, -0.2) is 8.78 Å². The topological polar surface area (TPSA) is 56.7 Å². The molecule has 0 atom stereocenters. The van der Waals surface area contributed by atoms with E-state index in [2.05, 4.69) is 15.6 Å². The Morgan fingerprint density at radius 2 is 1.96 bits per heavy atom. The summed E-state index contributed by atoms with van der Waals surface area (Å²) in [5.41, 5.74) is -0.00451. The molecule has 0 bridgehead atoms. The minimum absolute atomic E-state index is 0.121. The van der Waals surface area contributed by atoms with Gasteiger partial charge in [0.25, 0.3) is 0 Å². The number of carbonyl (C=O) groups is 1. The van der Waals surface area contributed by atoms with E-state index in [9.17, 15) is 13.6 Å². The summed E-state index contributed by atoms with van der Waals surface area (Å²) in [6.07, 6.45) is 0.310. The van der Waals surface area contributed by atoms with Crippen LogP contribution in [0.4, 0.5) is 8.78 Å². The highest BCUT2D eigenvalue weighted by molar-refractivity contribution is 5.86. The van der Waals surface area contributed by atoms with Crippen molar-refractivity contribution in [3.05, 3.63) is 35.4 Å². The van der Waals surface area contributed by atoms with Crippen molar-refractivity contribution < 1.29 is 13.6 Å². The summed E-state index contributed by atoms with van der Waals surface area (Å²) in [5.74, 6) is -1.29. The van der Waals surface area contributed by atoms with Gasteiger partial charge in [-0.3, -0.25) is 9.79 Å². The van der Waals surface area contributed by atoms with E-state index in [1.807, 2.05) is 20.8 Å². The number of hydrogen-bond acceptors (Lipinski definition) is 2. The molecule has 0 fully saturated rings. The van der Waals surface area contributed by atoms with Crippen molar-refractivity contribution in [2.24, 2.45) is 4.99 Å². The second-order valence-electron chi connectivity index (χ2n) is 6.59. The molecule has 2 N–H and O–H groups in total. The highest BCUT2D eigenvalue weighted by Crippen LogP contribution is 2.11. The number of halogens is 2. The Kier molecular flexibility index (Phi) is 7.13. The van der Waals surface area contributed by atoms with Crippen molar-refractivity contribution in [1.82, 2.24) is 15.5 Å². The van der Waals surface area contributed by atoms with E-state index in [-0.39, 0.29) is 18.0 Å². The molecule has 5 nitrogen and oxygen atoms in total. The summed E-state index contributed by atoms with van der Waals surface area (Å²) in [6.45, 7) is 6.24. The molecule has 24 heavy (non-hydrogen) atoms. The molecule has 7 heteroatoms. The van der Waals surface area contributed by atoms with E-state index >= 15 is 0 Å². The first-order valence-electron chi connectivity index (χ1n) is 7.79. The molecule has 0 spiro atoms. The average molecular weight is 340 g/mol. The minimum Gasteiger partial charge on any atom is -0.356 e. The minimum atomic E-state index is -0.854. The molecule has 1 aromatic rings. The Bertz CT molecular complexity index is 597. The quantitative estimate of drug-likeness (QED) is 0.636.